The predicted octanol–water partition coefficient (Wildman–Crippen LogP) is 4.89. The summed E-state index contributed by atoms with van der Waals surface area (Å²) in [6, 6.07) is 9.09. The van der Waals surface area contributed by atoms with Crippen LogP contribution < -0.4 is 4.74 Å². The van der Waals surface area contributed by atoms with Gasteiger partial charge in [-0.3, -0.25) is 9.69 Å². The van der Waals surface area contributed by atoms with Crippen LogP contribution in [0.5, 0.6) is 17.2 Å². The van der Waals surface area contributed by atoms with Gasteiger partial charge in [0.2, 0.25) is 0 Å². The zero-order valence-corrected chi connectivity index (χ0v) is 19.7. The number of fused-ring (bicyclic) bond motifs is 9. The quantitative estimate of drug-likeness (QED) is 0.602. The largest absolute Gasteiger partial charge is 0.507 e. The van der Waals surface area contributed by atoms with Gasteiger partial charge in [0.1, 0.15) is 11.9 Å². The molecule has 0 spiro atoms. The Kier molecular flexibility index (Phi) is 5.31. The standard InChI is InChI=1S/C27H33NO5/c1-26-10-4-5-11-28(26)27(2)16-18(15-26)33-25(31)9-7-17-6-8-22(29)20(12-17)19-13-24(32-3)23(30)14-21(19)27/h6,8,12-14,18,29-30H,4-5,7,9-11,15-16H2,1-3H3/t18-,26-,27-/m1/s1. The Labute approximate surface area is 195 Å². The number of piperidine rings is 2. The summed E-state index contributed by atoms with van der Waals surface area (Å²) in [7, 11) is 1.53. The van der Waals surface area contributed by atoms with Crippen molar-refractivity contribution >= 4 is 5.97 Å². The van der Waals surface area contributed by atoms with Crippen LogP contribution in [0.25, 0.3) is 11.1 Å². The maximum atomic E-state index is 12.8. The molecule has 2 fully saturated rings. The molecule has 0 radical (unpaired) electrons. The van der Waals surface area contributed by atoms with Gasteiger partial charge in [0, 0.05) is 35.9 Å². The lowest BCUT2D eigenvalue weighted by atomic mass is 9.68. The highest BCUT2D eigenvalue weighted by Gasteiger charge is 2.53. The first-order valence-corrected chi connectivity index (χ1v) is 11.9. The molecule has 0 unspecified atom stereocenters. The maximum Gasteiger partial charge on any atom is 0.306 e. The third-order valence-corrected chi connectivity index (χ3v) is 8.05. The Morgan fingerprint density at radius 1 is 1.03 bits per heavy atom. The fraction of sp³-hybridized carbons (Fsp3) is 0.519. The lowest BCUT2D eigenvalue weighted by Crippen LogP contribution is -2.64. The third kappa shape index (κ3) is 3.65. The molecule has 33 heavy (non-hydrogen) atoms. The van der Waals surface area contributed by atoms with Crippen LogP contribution in [0.1, 0.15) is 63.5 Å². The number of aryl methyl sites for hydroxylation is 1. The molecule has 6 nitrogen and oxygen atoms in total. The number of phenols is 2. The smallest absolute Gasteiger partial charge is 0.306 e. The van der Waals surface area contributed by atoms with Gasteiger partial charge >= 0.3 is 5.97 Å². The number of hydrogen-bond acceptors (Lipinski definition) is 6. The van der Waals surface area contributed by atoms with Crippen LogP contribution in [-0.4, -0.2) is 46.4 Å². The molecule has 4 bridgehead atoms. The predicted molar refractivity (Wildman–Crippen MR) is 126 cm³/mol. The van der Waals surface area contributed by atoms with E-state index in [-0.39, 0.29) is 29.1 Å². The second-order valence-electron chi connectivity index (χ2n) is 10.3. The first-order valence-electron chi connectivity index (χ1n) is 11.9. The Morgan fingerprint density at radius 2 is 1.85 bits per heavy atom. The van der Waals surface area contributed by atoms with Crippen molar-refractivity contribution in [1.29, 1.82) is 0 Å². The van der Waals surface area contributed by atoms with E-state index in [4.69, 9.17) is 9.47 Å². The minimum atomic E-state index is -0.501. The Hall–Kier alpha value is -2.73. The Morgan fingerprint density at radius 3 is 2.64 bits per heavy atom. The van der Waals surface area contributed by atoms with E-state index < -0.39 is 5.54 Å². The van der Waals surface area contributed by atoms with E-state index in [1.165, 1.54) is 7.11 Å². The molecule has 0 aliphatic carbocycles. The summed E-state index contributed by atoms with van der Waals surface area (Å²) in [5.41, 5.74) is 2.79. The second kappa shape index (κ2) is 7.94. The van der Waals surface area contributed by atoms with Gasteiger partial charge in [0.15, 0.2) is 11.5 Å². The minimum Gasteiger partial charge on any atom is -0.507 e. The normalized spacial score (nSPS) is 29.7. The van der Waals surface area contributed by atoms with Crippen LogP contribution in [0.4, 0.5) is 0 Å². The highest BCUT2D eigenvalue weighted by Crippen LogP contribution is 2.53. The molecule has 5 rings (SSSR count). The van der Waals surface area contributed by atoms with Gasteiger partial charge in [0.05, 0.1) is 7.11 Å². The summed E-state index contributed by atoms with van der Waals surface area (Å²) in [4.78, 5) is 15.3. The SMILES string of the molecule is COc1cc2c(cc1O)[C@@]1(C)C[C@@H](C[C@@]3(C)CCCCN31)OC(=O)CCc1ccc(O)c-2c1. The average Bonchev–Trinajstić information content (AvgIpc) is 2.77. The monoisotopic (exact) mass is 451 g/mol. The number of phenolic OH excluding ortho intramolecular Hbond substituents is 2. The van der Waals surface area contributed by atoms with Crippen molar-refractivity contribution < 1.29 is 24.5 Å². The molecule has 0 saturated carbocycles. The van der Waals surface area contributed by atoms with Gasteiger partial charge in [-0.25, -0.2) is 0 Å². The molecule has 176 valence electrons. The van der Waals surface area contributed by atoms with Crippen LogP contribution >= 0.6 is 0 Å². The molecule has 2 saturated heterocycles. The molecule has 3 heterocycles. The van der Waals surface area contributed by atoms with Gasteiger partial charge in [0.25, 0.3) is 0 Å². The number of rotatable bonds is 1. The molecular weight excluding hydrogens is 418 g/mol. The van der Waals surface area contributed by atoms with Gasteiger partial charge in [-0.2, -0.15) is 0 Å². The molecule has 2 aromatic rings. The lowest BCUT2D eigenvalue weighted by molar-refractivity contribution is -0.167. The fourth-order valence-electron chi connectivity index (χ4n) is 6.54. The molecule has 2 N–H and O–H groups in total. The van der Waals surface area contributed by atoms with Crippen molar-refractivity contribution in [2.45, 2.75) is 76.0 Å². The molecule has 2 aromatic carbocycles. The summed E-state index contributed by atoms with van der Waals surface area (Å²) >= 11 is 0. The van der Waals surface area contributed by atoms with Crippen LogP contribution in [0.3, 0.4) is 0 Å². The minimum absolute atomic E-state index is 0.0676. The molecular formula is C27H33NO5. The van der Waals surface area contributed by atoms with Crippen molar-refractivity contribution in [1.82, 2.24) is 4.90 Å². The van der Waals surface area contributed by atoms with E-state index in [0.717, 1.165) is 48.9 Å². The van der Waals surface area contributed by atoms with Gasteiger partial charge in [-0.1, -0.05) is 12.5 Å². The number of carbonyl (C=O) groups excluding carboxylic acids is 1. The van der Waals surface area contributed by atoms with Crippen LogP contribution in [-0.2, 0) is 21.5 Å². The molecule has 3 aliphatic heterocycles. The van der Waals surface area contributed by atoms with Gasteiger partial charge in [-0.15, -0.1) is 0 Å². The van der Waals surface area contributed by atoms with E-state index in [1.807, 2.05) is 18.2 Å². The topological polar surface area (TPSA) is 79.2 Å². The van der Waals surface area contributed by atoms with Crippen molar-refractivity contribution in [2.24, 2.45) is 0 Å². The first-order chi connectivity index (χ1) is 15.7. The highest BCUT2D eigenvalue weighted by molar-refractivity contribution is 5.78. The summed E-state index contributed by atoms with van der Waals surface area (Å²) < 4.78 is 11.5. The number of aromatic hydroxyl groups is 2. The fourth-order valence-corrected chi connectivity index (χ4v) is 6.54. The van der Waals surface area contributed by atoms with Crippen molar-refractivity contribution in [2.75, 3.05) is 13.7 Å². The van der Waals surface area contributed by atoms with E-state index in [0.29, 0.717) is 30.6 Å². The Bertz CT molecular complexity index is 1100. The number of benzene rings is 2. The number of ether oxygens (including phenoxy) is 2. The van der Waals surface area contributed by atoms with Crippen molar-refractivity contribution in [3.8, 4) is 28.4 Å². The summed E-state index contributed by atoms with van der Waals surface area (Å²) in [5.74, 6) is 0.431. The number of carbonyl (C=O) groups is 1. The second-order valence-corrected chi connectivity index (χ2v) is 10.3. The number of esters is 1. The van der Waals surface area contributed by atoms with Crippen molar-refractivity contribution in [3.63, 3.8) is 0 Å². The van der Waals surface area contributed by atoms with E-state index in [1.54, 1.807) is 12.1 Å². The van der Waals surface area contributed by atoms with Crippen LogP contribution in [0.15, 0.2) is 30.3 Å². The zero-order valence-electron chi connectivity index (χ0n) is 19.7. The van der Waals surface area contributed by atoms with E-state index in [2.05, 4.69) is 18.7 Å². The molecule has 0 aromatic heterocycles. The first kappa shape index (κ1) is 22.1. The highest BCUT2D eigenvalue weighted by atomic mass is 16.5. The lowest BCUT2D eigenvalue weighted by Gasteiger charge is -2.60. The third-order valence-electron chi connectivity index (χ3n) is 8.05. The molecule has 3 aliphatic rings. The Balaban J connectivity index is 1.80. The van der Waals surface area contributed by atoms with Crippen molar-refractivity contribution in [3.05, 3.63) is 41.5 Å². The summed E-state index contributed by atoms with van der Waals surface area (Å²) in [6.45, 7) is 5.40. The maximum absolute atomic E-state index is 12.8. The molecule has 6 heteroatoms. The molecule has 3 atom stereocenters. The summed E-state index contributed by atoms with van der Waals surface area (Å²) in [5, 5.41) is 21.7. The summed E-state index contributed by atoms with van der Waals surface area (Å²) in [6.07, 6.45) is 5.38. The number of nitrogens with zero attached hydrogens (tertiary/aromatic N) is 1. The number of hydrogen-bond donors (Lipinski definition) is 2. The van der Waals surface area contributed by atoms with Gasteiger partial charge in [-0.05, 0) is 80.6 Å². The molecule has 0 amide bonds. The van der Waals surface area contributed by atoms with Crippen LogP contribution in [0.2, 0.25) is 0 Å². The number of methoxy groups -OCH3 is 1. The average molecular weight is 452 g/mol. The van der Waals surface area contributed by atoms with Gasteiger partial charge < -0.3 is 19.7 Å². The van der Waals surface area contributed by atoms with Crippen LogP contribution in [0, 0.1) is 0 Å². The zero-order chi connectivity index (χ0) is 23.4. The van der Waals surface area contributed by atoms with E-state index in [9.17, 15) is 15.0 Å². The van der Waals surface area contributed by atoms with E-state index >= 15 is 0 Å².